The average Bonchev–Trinajstić information content (AvgIpc) is 3.14. The standard InChI is InChI=1S/C21H24N2O6/c1-14(2)12-16-4-6-17(7-5-16)15(3)22-19(24)13-28-21(25)11-9-18-8-10-20(29-18)23(26)27/h4-11,14-15H,12-13H2,1-3H3,(H,22,24)/b11-9+/t15-/m0/s1. The van der Waals surface area contributed by atoms with Crippen LogP contribution >= 0.6 is 0 Å². The average molecular weight is 400 g/mol. The second-order valence-electron chi connectivity index (χ2n) is 7.00. The second kappa shape index (κ2) is 10.2. The Hall–Kier alpha value is -3.42. The normalized spacial score (nSPS) is 12.1. The van der Waals surface area contributed by atoms with Crippen molar-refractivity contribution in [3.8, 4) is 0 Å². The van der Waals surface area contributed by atoms with E-state index in [1.807, 2.05) is 31.2 Å². The molecule has 8 heteroatoms. The molecule has 0 saturated heterocycles. The highest BCUT2D eigenvalue weighted by Gasteiger charge is 2.12. The molecule has 0 aliphatic rings. The number of rotatable bonds is 9. The van der Waals surface area contributed by atoms with E-state index in [9.17, 15) is 19.7 Å². The highest BCUT2D eigenvalue weighted by molar-refractivity contribution is 5.89. The van der Waals surface area contributed by atoms with Crippen LogP contribution in [-0.4, -0.2) is 23.4 Å². The highest BCUT2D eigenvalue weighted by Crippen LogP contribution is 2.17. The molecule has 29 heavy (non-hydrogen) atoms. The summed E-state index contributed by atoms with van der Waals surface area (Å²) >= 11 is 0. The summed E-state index contributed by atoms with van der Waals surface area (Å²) in [5, 5.41) is 13.3. The molecule has 0 radical (unpaired) electrons. The van der Waals surface area contributed by atoms with Gasteiger partial charge in [0.25, 0.3) is 5.91 Å². The van der Waals surface area contributed by atoms with Gasteiger partial charge < -0.3 is 14.5 Å². The number of esters is 1. The Kier molecular flexibility index (Phi) is 7.70. The van der Waals surface area contributed by atoms with Crippen LogP contribution in [-0.2, 0) is 20.7 Å². The number of furan rings is 1. The molecule has 0 aliphatic carbocycles. The van der Waals surface area contributed by atoms with Gasteiger partial charge in [0.15, 0.2) is 6.61 Å². The lowest BCUT2D eigenvalue weighted by Gasteiger charge is -2.15. The van der Waals surface area contributed by atoms with Gasteiger partial charge in [0, 0.05) is 6.08 Å². The number of nitro groups is 1. The van der Waals surface area contributed by atoms with Gasteiger partial charge in [0.2, 0.25) is 0 Å². The van der Waals surface area contributed by atoms with Crippen molar-refractivity contribution >= 4 is 23.8 Å². The molecule has 1 aromatic carbocycles. The van der Waals surface area contributed by atoms with Crippen molar-refractivity contribution in [1.29, 1.82) is 0 Å². The molecule has 2 aromatic rings. The maximum atomic E-state index is 12.0. The molecule has 0 fully saturated rings. The number of nitrogens with zero attached hydrogens (tertiary/aromatic N) is 1. The first-order valence-electron chi connectivity index (χ1n) is 9.22. The van der Waals surface area contributed by atoms with Crippen molar-refractivity contribution in [3.05, 3.63) is 69.5 Å². The molecular weight excluding hydrogens is 376 g/mol. The van der Waals surface area contributed by atoms with Crippen LogP contribution in [0.4, 0.5) is 5.88 Å². The number of carbonyl (C=O) groups is 2. The van der Waals surface area contributed by atoms with E-state index in [1.165, 1.54) is 23.8 Å². The van der Waals surface area contributed by atoms with Crippen LogP contribution in [0.15, 0.2) is 46.9 Å². The number of carbonyl (C=O) groups excluding carboxylic acids is 2. The summed E-state index contributed by atoms with van der Waals surface area (Å²) in [5.74, 6) is -0.912. The van der Waals surface area contributed by atoms with Crippen molar-refractivity contribution in [2.45, 2.75) is 33.2 Å². The van der Waals surface area contributed by atoms with Crippen LogP contribution in [0.1, 0.15) is 43.7 Å². The summed E-state index contributed by atoms with van der Waals surface area (Å²) in [6.45, 7) is 5.73. The minimum absolute atomic E-state index is 0.132. The first kappa shape index (κ1) is 21.9. The molecule has 0 unspecified atom stereocenters. The zero-order valence-electron chi connectivity index (χ0n) is 16.6. The molecule has 0 spiro atoms. The third-order valence-electron chi connectivity index (χ3n) is 4.02. The Labute approximate surface area is 168 Å². The monoisotopic (exact) mass is 400 g/mol. The van der Waals surface area contributed by atoms with E-state index in [0.717, 1.165) is 18.1 Å². The Morgan fingerprint density at radius 1 is 1.17 bits per heavy atom. The minimum Gasteiger partial charge on any atom is -0.452 e. The maximum Gasteiger partial charge on any atom is 0.433 e. The van der Waals surface area contributed by atoms with Crippen LogP contribution in [0.25, 0.3) is 6.08 Å². The lowest BCUT2D eigenvalue weighted by Crippen LogP contribution is -2.30. The predicted molar refractivity (Wildman–Crippen MR) is 107 cm³/mol. The van der Waals surface area contributed by atoms with Crippen LogP contribution in [0.2, 0.25) is 0 Å². The highest BCUT2D eigenvalue weighted by atomic mass is 16.6. The number of amides is 1. The minimum atomic E-state index is -0.759. The van der Waals surface area contributed by atoms with Crippen molar-refractivity contribution < 1.29 is 23.7 Å². The van der Waals surface area contributed by atoms with Crippen LogP contribution < -0.4 is 5.32 Å². The maximum absolute atomic E-state index is 12.0. The Morgan fingerprint density at radius 3 is 2.45 bits per heavy atom. The fourth-order valence-corrected chi connectivity index (χ4v) is 2.65. The molecule has 1 amide bonds. The van der Waals surface area contributed by atoms with Crippen molar-refractivity contribution in [1.82, 2.24) is 5.32 Å². The molecule has 0 bridgehead atoms. The van der Waals surface area contributed by atoms with E-state index in [2.05, 4.69) is 19.2 Å². The summed E-state index contributed by atoms with van der Waals surface area (Å²) < 4.78 is 9.75. The molecular formula is C21H24N2O6. The van der Waals surface area contributed by atoms with Gasteiger partial charge >= 0.3 is 11.9 Å². The number of ether oxygens (including phenoxy) is 1. The zero-order valence-corrected chi connectivity index (χ0v) is 16.6. The molecule has 1 heterocycles. The number of hydrogen-bond acceptors (Lipinski definition) is 6. The summed E-state index contributed by atoms with van der Waals surface area (Å²) in [6, 6.07) is 10.3. The van der Waals surface area contributed by atoms with E-state index >= 15 is 0 Å². The lowest BCUT2D eigenvalue weighted by atomic mass is 10.00. The number of hydrogen-bond donors (Lipinski definition) is 1. The summed E-state index contributed by atoms with van der Waals surface area (Å²) in [6.07, 6.45) is 3.26. The largest absolute Gasteiger partial charge is 0.452 e. The van der Waals surface area contributed by atoms with Gasteiger partial charge in [-0.3, -0.25) is 14.9 Å². The van der Waals surface area contributed by atoms with Gasteiger partial charge in [-0.15, -0.1) is 0 Å². The van der Waals surface area contributed by atoms with Crippen LogP contribution in [0, 0.1) is 16.0 Å². The van der Waals surface area contributed by atoms with Gasteiger partial charge in [0.05, 0.1) is 12.1 Å². The zero-order chi connectivity index (χ0) is 21.4. The smallest absolute Gasteiger partial charge is 0.433 e. The summed E-state index contributed by atoms with van der Waals surface area (Å²) in [5.41, 5.74) is 2.20. The van der Waals surface area contributed by atoms with Gasteiger partial charge in [-0.05, 0) is 42.5 Å². The lowest BCUT2D eigenvalue weighted by molar-refractivity contribution is -0.402. The molecule has 154 valence electrons. The van der Waals surface area contributed by atoms with Crippen molar-refractivity contribution in [2.75, 3.05) is 6.61 Å². The van der Waals surface area contributed by atoms with Crippen molar-refractivity contribution in [2.24, 2.45) is 5.92 Å². The van der Waals surface area contributed by atoms with Crippen LogP contribution in [0.5, 0.6) is 0 Å². The van der Waals surface area contributed by atoms with E-state index < -0.39 is 29.3 Å². The fourth-order valence-electron chi connectivity index (χ4n) is 2.65. The first-order valence-corrected chi connectivity index (χ1v) is 9.22. The summed E-state index contributed by atoms with van der Waals surface area (Å²) in [4.78, 5) is 33.5. The Morgan fingerprint density at radius 2 is 1.86 bits per heavy atom. The molecule has 1 atom stereocenters. The second-order valence-corrected chi connectivity index (χ2v) is 7.00. The molecule has 0 saturated carbocycles. The Balaban J connectivity index is 1.78. The molecule has 1 aromatic heterocycles. The Bertz CT molecular complexity index is 883. The molecule has 0 aliphatic heterocycles. The number of nitrogens with one attached hydrogen (secondary N) is 1. The van der Waals surface area contributed by atoms with Gasteiger partial charge in [0.1, 0.15) is 10.7 Å². The van der Waals surface area contributed by atoms with Gasteiger partial charge in [-0.1, -0.05) is 38.1 Å². The predicted octanol–water partition coefficient (Wildman–Crippen LogP) is 3.82. The first-order chi connectivity index (χ1) is 13.7. The molecule has 2 rings (SSSR count). The third-order valence-corrected chi connectivity index (χ3v) is 4.02. The van der Waals surface area contributed by atoms with Gasteiger partial charge in [-0.25, -0.2) is 4.79 Å². The SMILES string of the molecule is CC(C)Cc1ccc([C@H](C)NC(=O)COC(=O)/C=C/c2ccc([N+](=O)[O-])o2)cc1. The molecule has 8 nitrogen and oxygen atoms in total. The van der Waals surface area contributed by atoms with E-state index in [-0.39, 0.29) is 11.8 Å². The van der Waals surface area contributed by atoms with E-state index in [0.29, 0.717) is 5.92 Å². The van der Waals surface area contributed by atoms with Gasteiger partial charge in [-0.2, -0.15) is 0 Å². The quantitative estimate of drug-likeness (QED) is 0.296. The van der Waals surface area contributed by atoms with E-state index in [4.69, 9.17) is 9.15 Å². The third kappa shape index (κ3) is 7.25. The van der Waals surface area contributed by atoms with E-state index in [1.54, 1.807) is 0 Å². The van der Waals surface area contributed by atoms with Crippen LogP contribution in [0.3, 0.4) is 0 Å². The van der Waals surface area contributed by atoms with Crippen molar-refractivity contribution in [3.63, 3.8) is 0 Å². The number of benzene rings is 1. The fraction of sp³-hybridized carbons (Fsp3) is 0.333. The summed E-state index contributed by atoms with van der Waals surface area (Å²) in [7, 11) is 0. The molecule has 1 N–H and O–H groups in total. The topological polar surface area (TPSA) is 112 Å².